The zero-order chi connectivity index (χ0) is 20.4. The number of hydrogen-bond donors (Lipinski definition) is 1. The first kappa shape index (κ1) is 20.3. The van der Waals surface area contributed by atoms with E-state index in [-0.39, 0.29) is 5.56 Å². The third-order valence-electron chi connectivity index (χ3n) is 4.82. The molecule has 1 saturated heterocycles. The molecule has 2 aromatic rings. The summed E-state index contributed by atoms with van der Waals surface area (Å²) in [7, 11) is 0. The highest BCUT2D eigenvalue weighted by atomic mass is 19.1. The van der Waals surface area contributed by atoms with Gasteiger partial charge in [-0.2, -0.15) is 5.26 Å². The third-order valence-corrected chi connectivity index (χ3v) is 4.82. The molecule has 0 spiro atoms. The van der Waals surface area contributed by atoms with Crippen LogP contribution in [0.1, 0.15) is 54.2 Å². The van der Waals surface area contributed by atoms with Crippen molar-refractivity contribution in [1.82, 2.24) is 0 Å². The highest BCUT2D eigenvalue weighted by molar-refractivity contribution is 5.40. The zero-order valence-electron chi connectivity index (χ0n) is 14.9. The maximum absolute atomic E-state index is 14.7. The summed E-state index contributed by atoms with van der Waals surface area (Å²) in [4.78, 5) is 4.14. The molecule has 28 heavy (non-hydrogen) atoms. The lowest BCUT2D eigenvalue weighted by molar-refractivity contribution is -0.271. The summed E-state index contributed by atoms with van der Waals surface area (Å²) in [6.07, 6.45) is -0.835. The van der Waals surface area contributed by atoms with Crippen LogP contribution in [0.15, 0.2) is 24.3 Å². The van der Waals surface area contributed by atoms with Crippen molar-refractivity contribution in [2.75, 3.05) is 6.61 Å². The summed E-state index contributed by atoms with van der Waals surface area (Å²) in [5, 5.41) is 17.9. The molecular formula is C20H17F4NO3. The number of nitriles is 1. The van der Waals surface area contributed by atoms with Crippen molar-refractivity contribution in [3.63, 3.8) is 0 Å². The molecule has 1 heterocycles. The molecule has 1 aliphatic heterocycles. The first-order chi connectivity index (χ1) is 13.3. The zero-order valence-corrected chi connectivity index (χ0v) is 14.9. The Labute approximate surface area is 158 Å². The van der Waals surface area contributed by atoms with Gasteiger partial charge in [0.15, 0.2) is 0 Å². The van der Waals surface area contributed by atoms with E-state index in [0.29, 0.717) is 36.6 Å². The van der Waals surface area contributed by atoms with E-state index in [1.807, 2.05) is 6.92 Å². The lowest BCUT2D eigenvalue weighted by Gasteiger charge is -2.27. The molecule has 3 atom stereocenters. The van der Waals surface area contributed by atoms with Crippen LogP contribution in [0.5, 0.6) is 0 Å². The third kappa shape index (κ3) is 3.87. The Hall–Kier alpha value is -2.47. The van der Waals surface area contributed by atoms with Crippen molar-refractivity contribution in [2.24, 2.45) is 5.92 Å². The maximum atomic E-state index is 14.7. The van der Waals surface area contributed by atoms with Gasteiger partial charge in [-0.3, -0.25) is 5.26 Å². The van der Waals surface area contributed by atoms with Crippen molar-refractivity contribution in [2.45, 2.75) is 32.0 Å². The maximum Gasteiger partial charge on any atom is 0.149 e. The topological polar surface area (TPSA) is 62.5 Å². The van der Waals surface area contributed by atoms with Crippen LogP contribution in [0.4, 0.5) is 17.6 Å². The van der Waals surface area contributed by atoms with Gasteiger partial charge < -0.3 is 4.74 Å². The van der Waals surface area contributed by atoms with Crippen LogP contribution in [0.2, 0.25) is 0 Å². The van der Waals surface area contributed by atoms with E-state index in [2.05, 4.69) is 4.89 Å². The Morgan fingerprint density at radius 2 is 1.68 bits per heavy atom. The molecule has 8 heteroatoms. The molecule has 0 radical (unpaired) electrons. The monoisotopic (exact) mass is 395 g/mol. The van der Waals surface area contributed by atoms with E-state index in [0.717, 1.165) is 18.6 Å². The first-order valence-electron chi connectivity index (χ1n) is 8.65. The molecular weight excluding hydrogens is 378 g/mol. The average molecular weight is 395 g/mol. The van der Waals surface area contributed by atoms with Gasteiger partial charge in [0.1, 0.15) is 41.0 Å². The minimum Gasteiger partial charge on any atom is -0.373 e. The van der Waals surface area contributed by atoms with Crippen LogP contribution < -0.4 is 0 Å². The lowest BCUT2D eigenvalue weighted by Crippen LogP contribution is -2.19. The molecule has 0 aliphatic carbocycles. The summed E-state index contributed by atoms with van der Waals surface area (Å²) in [5.74, 6) is -4.22. The molecule has 0 bridgehead atoms. The van der Waals surface area contributed by atoms with Gasteiger partial charge in [-0.15, -0.1) is 0 Å². The van der Waals surface area contributed by atoms with Gasteiger partial charge in [0.05, 0.1) is 11.7 Å². The van der Waals surface area contributed by atoms with Gasteiger partial charge in [-0.1, -0.05) is 6.92 Å². The molecule has 1 aliphatic rings. The summed E-state index contributed by atoms with van der Waals surface area (Å²) in [6, 6.07) is 4.82. The fraction of sp³-hybridized carbons (Fsp3) is 0.350. The van der Waals surface area contributed by atoms with Gasteiger partial charge in [-0.25, -0.2) is 22.4 Å². The molecule has 0 saturated carbocycles. The average Bonchev–Trinajstić information content (AvgIpc) is 2.64. The van der Waals surface area contributed by atoms with Crippen LogP contribution in [0.3, 0.4) is 0 Å². The number of halogens is 4. The molecule has 4 nitrogen and oxygen atoms in total. The van der Waals surface area contributed by atoms with Crippen LogP contribution >= 0.6 is 0 Å². The van der Waals surface area contributed by atoms with Gasteiger partial charge in [0, 0.05) is 6.61 Å². The van der Waals surface area contributed by atoms with Gasteiger partial charge in [0.2, 0.25) is 0 Å². The Kier molecular flexibility index (Phi) is 5.98. The van der Waals surface area contributed by atoms with E-state index < -0.39 is 46.6 Å². The Morgan fingerprint density at radius 1 is 1.07 bits per heavy atom. The summed E-state index contributed by atoms with van der Waals surface area (Å²) < 4.78 is 62.7. The van der Waals surface area contributed by atoms with Crippen molar-refractivity contribution in [3.05, 3.63) is 69.8 Å². The van der Waals surface area contributed by atoms with E-state index in [1.165, 1.54) is 6.07 Å². The summed E-state index contributed by atoms with van der Waals surface area (Å²) in [6.45, 7) is 2.49. The van der Waals surface area contributed by atoms with Gasteiger partial charge in [0.25, 0.3) is 0 Å². The quantitative estimate of drug-likeness (QED) is 0.440. The van der Waals surface area contributed by atoms with Crippen LogP contribution in [-0.4, -0.2) is 11.9 Å². The molecule has 3 rings (SSSR count). The fourth-order valence-corrected chi connectivity index (χ4v) is 3.32. The Balaban J connectivity index is 1.99. The minimum absolute atomic E-state index is 0.291. The minimum atomic E-state index is -1.82. The standard InChI is InChI=1S/C20H17F4NO3/c1-10-2-3-18(27-9-10)11-4-16(23)19(17(24)5-11)20(28-26)12-6-14(21)13(8-25)15(22)7-12/h4-7,10,18,20,26H,2-3,9H2,1H3/t10?,18-,20?/m0/s1. The molecule has 2 unspecified atom stereocenters. The molecule has 0 amide bonds. The number of hydrogen-bond acceptors (Lipinski definition) is 4. The van der Waals surface area contributed by atoms with Crippen molar-refractivity contribution in [1.29, 1.82) is 5.26 Å². The van der Waals surface area contributed by atoms with Crippen molar-refractivity contribution >= 4 is 0 Å². The van der Waals surface area contributed by atoms with Crippen LogP contribution in [0, 0.1) is 40.5 Å². The Morgan fingerprint density at radius 3 is 2.14 bits per heavy atom. The second-order valence-electron chi connectivity index (χ2n) is 6.86. The molecule has 1 N–H and O–H groups in total. The van der Waals surface area contributed by atoms with E-state index in [4.69, 9.17) is 15.3 Å². The number of rotatable bonds is 4. The lowest BCUT2D eigenvalue weighted by atomic mass is 9.93. The van der Waals surface area contributed by atoms with E-state index >= 15 is 0 Å². The highest BCUT2D eigenvalue weighted by Crippen LogP contribution is 2.36. The normalized spacial score (nSPS) is 20.6. The van der Waals surface area contributed by atoms with Crippen molar-refractivity contribution in [3.8, 4) is 6.07 Å². The predicted molar refractivity (Wildman–Crippen MR) is 90.1 cm³/mol. The van der Waals surface area contributed by atoms with Crippen LogP contribution in [0.25, 0.3) is 0 Å². The number of benzene rings is 2. The molecule has 1 fully saturated rings. The van der Waals surface area contributed by atoms with E-state index in [1.54, 1.807) is 0 Å². The molecule has 0 aromatic heterocycles. The largest absolute Gasteiger partial charge is 0.373 e. The molecule has 148 valence electrons. The van der Waals surface area contributed by atoms with E-state index in [9.17, 15) is 17.6 Å². The van der Waals surface area contributed by atoms with Crippen molar-refractivity contribution < 1.29 is 32.4 Å². The second-order valence-corrected chi connectivity index (χ2v) is 6.86. The fourth-order valence-electron chi connectivity index (χ4n) is 3.32. The number of nitrogens with zero attached hydrogens (tertiary/aromatic N) is 1. The van der Waals surface area contributed by atoms with Gasteiger partial charge in [-0.05, 0) is 54.2 Å². The Bertz CT molecular complexity index is 874. The first-order valence-corrected chi connectivity index (χ1v) is 8.65. The SMILES string of the molecule is CC1CC[C@@H](c2cc(F)c(C(OO)c3cc(F)c(C#N)c(F)c3)c(F)c2)OC1. The predicted octanol–water partition coefficient (Wildman–Crippen LogP) is 5.18. The van der Waals surface area contributed by atoms with Crippen LogP contribution in [-0.2, 0) is 9.62 Å². The van der Waals surface area contributed by atoms with Gasteiger partial charge >= 0.3 is 0 Å². The summed E-state index contributed by atoms with van der Waals surface area (Å²) >= 11 is 0. The summed E-state index contributed by atoms with van der Waals surface area (Å²) in [5.41, 5.74) is -1.65. The second kappa shape index (κ2) is 8.27. The smallest absolute Gasteiger partial charge is 0.149 e. The highest BCUT2D eigenvalue weighted by Gasteiger charge is 2.29. The number of ether oxygens (including phenoxy) is 1. The molecule has 2 aromatic carbocycles.